The number of aromatic nitrogens is 4. The van der Waals surface area contributed by atoms with Gasteiger partial charge in [-0.1, -0.05) is 11.6 Å². The van der Waals surface area contributed by atoms with Crippen LogP contribution in [0.3, 0.4) is 0 Å². The molecule has 3 heterocycles. The molecule has 1 saturated heterocycles. The maximum atomic E-state index is 13.2. The van der Waals surface area contributed by atoms with Crippen molar-refractivity contribution in [2.24, 2.45) is 0 Å². The molecule has 4 aromatic rings. The summed E-state index contributed by atoms with van der Waals surface area (Å²) in [4.78, 5) is 13.6. The molecule has 1 aliphatic heterocycles. The highest BCUT2D eigenvalue weighted by Gasteiger charge is 2.22. The van der Waals surface area contributed by atoms with E-state index in [1.165, 1.54) is 12.1 Å². The van der Waals surface area contributed by atoms with E-state index in [1.807, 2.05) is 48.1 Å². The first-order valence-electron chi connectivity index (χ1n) is 9.81. The summed E-state index contributed by atoms with van der Waals surface area (Å²) in [5.74, 6) is 0.672. The highest BCUT2D eigenvalue weighted by molar-refractivity contribution is 6.30. The molecule has 1 fully saturated rings. The first-order valence-corrected chi connectivity index (χ1v) is 10.2. The Kier molecular flexibility index (Phi) is 4.75. The zero-order chi connectivity index (χ0) is 20.7. The fourth-order valence-electron chi connectivity index (χ4n) is 3.94. The van der Waals surface area contributed by atoms with E-state index in [9.17, 15) is 4.39 Å². The molecule has 0 radical (unpaired) electrons. The second kappa shape index (κ2) is 7.57. The van der Waals surface area contributed by atoms with Gasteiger partial charge in [-0.15, -0.1) is 0 Å². The lowest BCUT2D eigenvalue weighted by molar-refractivity contribution is 0.624. The number of hydrogen-bond acceptors (Lipinski definition) is 5. The van der Waals surface area contributed by atoms with Gasteiger partial charge in [0.15, 0.2) is 5.65 Å². The number of halogens is 2. The van der Waals surface area contributed by atoms with Gasteiger partial charge in [-0.2, -0.15) is 5.10 Å². The third kappa shape index (κ3) is 3.35. The number of fused-ring (bicyclic) bond motifs is 1. The third-order valence-electron chi connectivity index (χ3n) is 5.50. The number of benzene rings is 2. The van der Waals surface area contributed by atoms with Crippen molar-refractivity contribution in [3.05, 3.63) is 71.4 Å². The summed E-state index contributed by atoms with van der Waals surface area (Å²) in [6, 6.07) is 12.4. The minimum atomic E-state index is -0.214. The summed E-state index contributed by atoms with van der Waals surface area (Å²) >= 11 is 6.10. The molecule has 0 spiro atoms. The van der Waals surface area contributed by atoms with Gasteiger partial charge in [0, 0.05) is 36.9 Å². The van der Waals surface area contributed by atoms with Gasteiger partial charge in [-0.3, -0.25) is 0 Å². The summed E-state index contributed by atoms with van der Waals surface area (Å²) < 4.78 is 15.0. The predicted octanol–water partition coefficient (Wildman–Crippen LogP) is 4.24. The molecule has 0 amide bonds. The first kappa shape index (κ1) is 18.8. The van der Waals surface area contributed by atoms with Gasteiger partial charge in [0.1, 0.15) is 18.0 Å². The van der Waals surface area contributed by atoms with Crippen LogP contribution in [0.25, 0.3) is 16.7 Å². The normalized spacial score (nSPS) is 14.5. The van der Waals surface area contributed by atoms with E-state index in [-0.39, 0.29) is 5.82 Å². The summed E-state index contributed by atoms with van der Waals surface area (Å²) in [6.45, 7) is 5.30. The molecule has 0 saturated carbocycles. The molecule has 0 bridgehead atoms. The molecule has 2 aromatic heterocycles. The lowest BCUT2D eigenvalue weighted by Gasteiger charge is -2.36. The molecule has 8 heteroatoms. The molecular formula is C22H20ClFN6. The molecule has 5 rings (SSSR count). The molecular weight excluding hydrogens is 403 g/mol. The number of anilines is 2. The summed E-state index contributed by atoms with van der Waals surface area (Å²) in [6.07, 6.45) is 3.42. The molecule has 0 unspecified atom stereocenters. The van der Waals surface area contributed by atoms with Crippen LogP contribution in [0.1, 0.15) is 5.56 Å². The number of nitrogens with zero attached hydrogens (tertiary/aromatic N) is 6. The molecule has 152 valence electrons. The molecule has 0 aliphatic carbocycles. The Bertz CT molecular complexity index is 1200. The van der Waals surface area contributed by atoms with Crippen LogP contribution >= 0.6 is 11.6 Å². The van der Waals surface area contributed by atoms with Crippen LogP contribution in [-0.4, -0.2) is 45.9 Å². The third-order valence-corrected chi connectivity index (χ3v) is 5.74. The van der Waals surface area contributed by atoms with Crippen molar-refractivity contribution in [2.45, 2.75) is 6.92 Å². The Morgan fingerprint density at radius 3 is 2.40 bits per heavy atom. The van der Waals surface area contributed by atoms with Crippen LogP contribution in [0.4, 0.5) is 15.9 Å². The van der Waals surface area contributed by atoms with E-state index in [0.29, 0.717) is 5.02 Å². The van der Waals surface area contributed by atoms with Crippen molar-refractivity contribution >= 4 is 34.1 Å². The van der Waals surface area contributed by atoms with Gasteiger partial charge in [0.25, 0.3) is 0 Å². The Morgan fingerprint density at radius 2 is 1.67 bits per heavy atom. The lowest BCUT2D eigenvalue weighted by Crippen LogP contribution is -2.46. The minimum Gasteiger partial charge on any atom is -0.368 e. The number of aryl methyl sites for hydroxylation is 1. The smallest absolute Gasteiger partial charge is 0.168 e. The minimum absolute atomic E-state index is 0.214. The fourth-order valence-corrected chi connectivity index (χ4v) is 4.17. The Morgan fingerprint density at radius 1 is 0.933 bits per heavy atom. The van der Waals surface area contributed by atoms with E-state index in [1.54, 1.807) is 6.33 Å². The van der Waals surface area contributed by atoms with Crippen molar-refractivity contribution in [1.82, 2.24) is 19.7 Å². The average molecular weight is 423 g/mol. The second-order valence-corrected chi connectivity index (χ2v) is 7.81. The lowest BCUT2D eigenvalue weighted by atomic mass is 10.2. The van der Waals surface area contributed by atoms with Gasteiger partial charge in [0.2, 0.25) is 0 Å². The van der Waals surface area contributed by atoms with Crippen LogP contribution in [0.2, 0.25) is 5.02 Å². The number of piperazine rings is 1. The van der Waals surface area contributed by atoms with Crippen molar-refractivity contribution in [3.8, 4) is 5.69 Å². The fraction of sp³-hybridized carbons (Fsp3) is 0.227. The first-order chi connectivity index (χ1) is 14.6. The van der Waals surface area contributed by atoms with E-state index < -0.39 is 0 Å². The molecule has 2 aromatic carbocycles. The predicted molar refractivity (Wildman–Crippen MR) is 117 cm³/mol. The molecule has 0 atom stereocenters. The van der Waals surface area contributed by atoms with Gasteiger partial charge in [-0.05, 0) is 55.0 Å². The topological polar surface area (TPSA) is 50.1 Å². The monoisotopic (exact) mass is 422 g/mol. The van der Waals surface area contributed by atoms with E-state index in [0.717, 1.165) is 60.0 Å². The van der Waals surface area contributed by atoms with Crippen molar-refractivity contribution in [3.63, 3.8) is 0 Å². The van der Waals surface area contributed by atoms with E-state index >= 15 is 0 Å². The second-order valence-electron chi connectivity index (χ2n) is 7.37. The Labute approximate surface area is 178 Å². The van der Waals surface area contributed by atoms with Gasteiger partial charge in [0.05, 0.1) is 17.3 Å². The van der Waals surface area contributed by atoms with Gasteiger partial charge in [-0.25, -0.2) is 19.0 Å². The molecule has 30 heavy (non-hydrogen) atoms. The number of hydrogen-bond donors (Lipinski definition) is 0. The van der Waals surface area contributed by atoms with Crippen LogP contribution in [0, 0.1) is 12.7 Å². The quantitative estimate of drug-likeness (QED) is 0.494. The Balaban J connectivity index is 1.42. The van der Waals surface area contributed by atoms with Gasteiger partial charge >= 0.3 is 0 Å². The average Bonchev–Trinajstić information content (AvgIpc) is 3.19. The van der Waals surface area contributed by atoms with Crippen molar-refractivity contribution in [2.75, 3.05) is 36.0 Å². The van der Waals surface area contributed by atoms with Crippen molar-refractivity contribution < 1.29 is 4.39 Å². The molecule has 1 aliphatic rings. The zero-order valence-corrected chi connectivity index (χ0v) is 17.2. The summed E-state index contributed by atoms with van der Waals surface area (Å²) in [5, 5.41) is 6.20. The largest absolute Gasteiger partial charge is 0.368 e. The standard InChI is InChI=1S/C22H20ClFN6/c1-15-12-16(23)2-7-20(15)30-22-19(13-27-30)21(25-14-26-22)29-10-8-28(9-11-29)18-5-3-17(24)4-6-18/h2-7,12-14H,8-11H2,1H3. The van der Waals surface area contributed by atoms with E-state index in [2.05, 4.69) is 24.9 Å². The molecule has 6 nitrogen and oxygen atoms in total. The SMILES string of the molecule is Cc1cc(Cl)ccc1-n1ncc2c(N3CCN(c4ccc(F)cc4)CC3)ncnc21. The highest BCUT2D eigenvalue weighted by Crippen LogP contribution is 2.28. The van der Waals surface area contributed by atoms with Gasteiger partial charge < -0.3 is 9.80 Å². The Hall–Kier alpha value is -3.19. The van der Waals surface area contributed by atoms with Crippen LogP contribution < -0.4 is 9.80 Å². The number of rotatable bonds is 3. The maximum absolute atomic E-state index is 13.2. The van der Waals surface area contributed by atoms with Crippen LogP contribution in [0.5, 0.6) is 0 Å². The van der Waals surface area contributed by atoms with Crippen molar-refractivity contribution in [1.29, 1.82) is 0 Å². The van der Waals surface area contributed by atoms with E-state index in [4.69, 9.17) is 11.6 Å². The van der Waals surface area contributed by atoms with Crippen LogP contribution in [-0.2, 0) is 0 Å². The van der Waals surface area contributed by atoms with Crippen LogP contribution in [0.15, 0.2) is 55.0 Å². The summed E-state index contributed by atoms with van der Waals surface area (Å²) in [5.41, 5.74) is 3.78. The zero-order valence-electron chi connectivity index (χ0n) is 16.5. The molecule has 0 N–H and O–H groups in total. The maximum Gasteiger partial charge on any atom is 0.168 e. The summed E-state index contributed by atoms with van der Waals surface area (Å²) in [7, 11) is 0. The highest BCUT2D eigenvalue weighted by atomic mass is 35.5.